The van der Waals surface area contributed by atoms with E-state index in [-0.39, 0.29) is 17.1 Å². The van der Waals surface area contributed by atoms with Gasteiger partial charge in [-0.15, -0.1) is 0 Å². The van der Waals surface area contributed by atoms with E-state index in [9.17, 15) is 0 Å². The van der Waals surface area contributed by atoms with Gasteiger partial charge in [0.25, 0.3) is 0 Å². The van der Waals surface area contributed by atoms with Crippen molar-refractivity contribution in [1.82, 2.24) is 0 Å². The van der Waals surface area contributed by atoms with Crippen molar-refractivity contribution in [2.45, 2.75) is 65.5 Å². The van der Waals surface area contributed by atoms with Gasteiger partial charge in [0.1, 0.15) is 17.6 Å². The lowest BCUT2D eigenvalue weighted by Gasteiger charge is -2.41. The fourth-order valence-corrected chi connectivity index (χ4v) is 3.78. The maximum Gasteiger partial charge on any atom is 0.193 e. The van der Waals surface area contributed by atoms with E-state index < -0.39 is 8.32 Å². The van der Waals surface area contributed by atoms with Gasteiger partial charge in [-0.05, 0) is 42.8 Å². The summed E-state index contributed by atoms with van der Waals surface area (Å²) in [5.74, 6) is 1.70. The van der Waals surface area contributed by atoms with E-state index >= 15 is 0 Å². The molecule has 0 bridgehead atoms. The summed E-state index contributed by atoms with van der Waals surface area (Å²) in [5, 5.41) is 0.126. The molecule has 0 spiro atoms. The lowest BCUT2D eigenvalue weighted by Crippen LogP contribution is -2.46. The summed E-state index contributed by atoms with van der Waals surface area (Å²) in [4.78, 5) is 0. The Morgan fingerprint density at radius 2 is 1.74 bits per heavy atom. The van der Waals surface area contributed by atoms with Crippen LogP contribution in [0.25, 0.3) is 0 Å². The predicted octanol–water partition coefficient (Wildman–Crippen LogP) is 5.79. The molecule has 1 rings (SSSR count). The third-order valence-corrected chi connectivity index (χ3v) is 9.66. The highest BCUT2D eigenvalue weighted by atomic mass is 28.4. The Balaban J connectivity index is 2.72. The highest BCUT2D eigenvalue weighted by Gasteiger charge is 2.41. The van der Waals surface area contributed by atoms with E-state index in [1.165, 1.54) is 0 Å². The third kappa shape index (κ3) is 7.32. The van der Waals surface area contributed by atoms with Crippen LogP contribution in [-0.2, 0) is 20.5 Å². The maximum absolute atomic E-state index is 6.63. The topological polar surface area (TPSA) is 36.9 Å². The van der Waals surface area contributed by atoms with Gasteiger partial charge in [-0.2, -0.15) is 0 Å². The molecule has 0 unspecified atom stereocenters. The maximum atomic E-state index is 6.63. The molecule has 1 aromatic carbocycles. The van der Waals surface area contributed by atoms with Crippen LogP contribution in [0.4, 0.5) is 0 Å². The number of rotatable bonds is 11. The molecule has 0 saturated carbocycles. The minimum Gasteiger partial charge on any atom is -0.497 e. The van der Waals surface area contributed by atoms with Crippen molar-refractivity contribution in [3.63, 3.8) is 0 Å². The molecule has 0 radical (unpaired) electrons. The van der Waals surface area contributed by atoms with Gasteiger partial charge in [-0.3, -0.25) is 0 Å². The summed E-state index contributed by atoms with van der Waals surface area (Å²) < 4.78 is 23.5. The van der Waals surface area contributed by atoms with E-state index in [4.69, 9.17) is 18.6 Å². The lowest BCUT2D eigenvalue weighted by molar-refractivity contribution is 0.0221. The number of ether oxygens (including phenoxy) is 3. The summed E-state index contributed by atoms with van der Waals surface area (Å²) in [6.07, 6.45) is -0.165. The van der Waals surface area contributed by atoms with Gasteiger partial charge in [0.2, 0.25) is 0 Å². The van der Waals surface area contributed by atoms with Crippen LogP contribution in [0.15, 0.2) is 36.6 Å². The van der Waals surface area contributed by atoms with Crippen molar-refractivity contribution < 1.29 is 18.6 Å². The molecular formula is C22H38O4Si. The van der Waals surface area contributed by atoms with E-state index in [0.717, 1.165) is 11.3 Å². The molecule has 0 amide bonds. The Kier molecular flexibility index (Phi) is 9.05. The van der Waals surface area contributed by atoms with Gasteiger partial charge in [-0.1, -0.05) is 46.4 Å². The van der Waals surface area contributed by atoms with Crippen LogP contribution in [0.5, 0.6) is 5.75 Å². The first kappa shape index (κ1) is 23.7. The van der Waals surface area contributed by atoms with Gasteiger partial charge in [0.15, 0.2) is 8.32 Å². The zero-order valence-corrected chi connectivity index (χ0v) is 19.4. The second-order valence-electron chi connectivity index (χ2n) is 8.54. The van der Waals surface area contributed by atoms with Crippen LogP contribution in [0.1, 0.15) is 40.2 Å². The molecule has 154 valence electrons. The molecule has 5 heteroatoms. The summed E-state index contributed by atoms with van der Waals surface area (Å²) in [6.45, 7) is 21.2. The van der Waals surface area contributed by atoms with Gasteiger partial charge in [0.05, 0.1) is 26.9 Å². The molecular weight excluding hydrogens is 356 g/mol. The average molecular weight is 395 g/mol. The van der Waals surface area contributed by atoms with E-state index in [1.54, 1.807) is 7.11 Å². The second-order valence-corrected chi connectivity index (χ2v) is 13.3. The molecule has 0 aliphatic rings. The van der Waals surface area contributed by atoms with Crippen molar-refractivity contribution >= 4 is 8.32 Å². The molecule has 0 aromatic heterocycles. The zero-order chi connectivity index (χ0) is 20.7. The normalized spacial score (nSPS) is 14.5. The summed E-state index contributed by atoms with van der Waals surface area (Å²) in [7, 11) is -0.279. The van der Waals surface area contributed by atoms with Crippen LogP contribution in [-0.4, -0.2) is 34.7 Å². The zero-order valence-electron chi connectivity index (χ0n) is 18.4. The summed E-state index contributed by atoms with van der Waals surface area (Å²) in [6, 6.07) is 7.93. The molecule has 0 aliphatic carbocycles. The molecule has 0 fully saturated rings. The third-order valence-electron chi connectivity index (χ3n) is 5.20. The highest BCUT2D eigenvalue weighted by Crippen LogP contribution is 2.39. The van der Waals surface area contributed by atoms with E-state index in [0.29, 0.717) is 25.6 Å². The van der Waals surface area contributed by atoms with Crippen LogP contribution in [0.2, 0.25) is 18.1 Å². The Morgan fingerprint density at radius 3 is 2.22 bits per heavy atom. The second kappa shape index (κ2) is 10.3. The molecule has 4 nitrogen and oxygen atoms in total. The standard InChI is InChI=1S/C22H38O4Si/c1-10-25-18(3)21(26-27(8,9)22(4,5)6)17(2)15-24-16-19-11-13-20(23-7)14-12-19/h11-14,17,21H,3,10,15-16H2,1-2,4-9H3/t17-,21-/m0/s1. The predicted molar refractivity (Wildman–Crippen MR) is 115 cm³/mol. The number of methoxy groups -OCH3 is 1. The Morgan fingerprint density at radius 1 is 1.15 bits per heavy atom. The first-order chi connectivity index (χ1) is 12.5. The monoisotopic (exact) mass is 394 g/mol. The molecule has 2 atom stereocenters. The van der Waals surface area contributed by atoms with Crippen LogP contribution < -0.4 is 4.74 Å². The molecule has 27 heavy (non-hydrogen) atoms. The van der Waals surface area contributed by atoms with E-state index in [2.05, 4.69) is 47.4 Å². The number of benzene rings is 1. The highest BCUT2D eigenvalue weighted by molar-refractivity contribution is 6.74. The van der Waals surface area contributed by atoms with Crippen LogP contribution in [0, 0.1) is 5.92 Å². The first-order valence-corrected chi connectivity index (χ1v) is 12.6. The molecule has 0 heterocycles. The van der Waals surface area contributed by atoms with Crippen molar-refractivity contribution in [3.8, 4) is 5.75 Å². The molecule has 0 N–H and O–H groups in total. The van der Waals surface area contributed by atoms with Crippen molar-refractivity contribution in [3.05, 3.63) is 42.2 Å². The molecule has 1 aromatic rings. The molecule has 0 saturated heterocycles. The molecule has 0 aliphatic heterocycles. The van der Waals surface area contributed by atoms with Gasteiger partial charge >= 0.3 is 0 Å². The Bertz CT molecular complexity index is 575. The average Bonchev–Trinajstić information content (AvgIpc) is 2.59. The largest absolute Gasteiger partial charge is 0.497 e. The van der Waals surface area contributed by atoms with Crippen LogP contribution >= 0.6 is 0 Å². The Labute approximate surface area is 167 Å². The SMILES string of the molecule is C=C(OCC)[C@@H](O[Si](C)(C)C(C)(C)C)[C@@H](C)COCc1ccc(OC)cc1. The van der Waals surface area contributed by atoms with Gasteiger partial charge in [0, 0.05) is 5.92 Å². The van der Waals surface area contributed by atoms with E-state index in [1.807, 2.05) is 31.2 Å². The fraction of sp³-hybridized carbons (Fsp3) is 0.636. The fourth-order valence-electron chi connectivity index (χ4n) is 2.43. The Hall–Kier alpha value is -1.30. The van der Waals surface area contributed by atoms with Crippen molar-refractivity contribution in [2.24, 2.45) is 5.92 Å². The van der Waals surface area contributed by atoms with Crippen LogP contribution in [0.3, 0.4) is 0 Å². The minimum absolute atomic E-state index is 0.126. The number of hydrogen-bond donors (Lipinski definition) is 0. The van der Waals surface area contributed by atoms with Crippen molar-refractivity contribution in [1.29, 1.82) is 0 Å². The van der Waals surface area contributed by atoms with Crippen molar-refractivity contribution in [2.75, 3.05) is 20.3 Å². The number of hydrogen-bond acceptors (Lipinski definition) is 4. The van der Waals surface area contributed by atoms with Gasteiger partial charge < -0.3 is 18.6 Å². The smallest absolute Gasteiger partial charge is 0.193 e. The lowest BCUT2D eigenvalue weighted by atomic mass is 10.1. The minimum atomic E-state index is -1.95. The quantitative estimate of drug-likeness (QED) is 0.352. The summed E-state index contributed by atoms with van der Waals surface area (Å²) >= 11 is 0. The summed E-state index contributed by atoms with van der Waals surface area (Å²) in [5.41, 5.74) is 1.12. The van der Waals surface area contributed by atoms with Gasteiger partial charge in [-0.25, -0.2) is 0 Å². The first-order valence-electron chi connectivity index (χ1n) is 9.72.